The van der Waals surface area contributed by atoms with Gasteiger partial charge in [0.15, 0.2) is 0 Å². The Morgan fingerprint density at radius 1 is 1.21 bits per heavy atom. The molecule has 1 fully saturated rings. The van der Waals surface area contributed by atoms with E-state index in [0.29, 0.717) is 35.1 Å². The monoisotopic (exact) mass is 420 g/mol. The lowest BCUT2D eigenvalue weighted by Gasteiger charge is -2.30. The minimum Gasteiger partial charge on any atom is -0.390 e. The summed E-state index contributed by atoms with van der Waals surface area (Å²) in [4.78, 5) is 7.20. The van der Waals surface area contributed by atoms with Gasteiger partial charge in [-0.25, -0.2) is 8.42 Å². The van der Waals surface area contributed by atoms with E-state index in [9.17, 15) is 8.42 Å². The van der Waals surface area contributed by atoms with Crippen molar-refractivity contribution in [3.63, 3.8) is 0 Å². The maximum atomic E-state index is 13.0. The second-order valence-corrected chi connectivity index (χ2v) is 9.50. The van der Waals surface area contributed by atoms with Crippen LogP contribution in [0.4, 0.5) is 0 Å². The minimum absolute atomic E-state index is 0.229. The quantitative estimate of drug-likeness (QED) is 0.633. The summed E-state index contributed by atoms with van der Waals surface area (Å²) in [6, 6.07) is 12.1. The van der Waals surface area contributed by atoms with Gasteiger partial charge in [0.2, 0.25) is 10.0 Å². The molecule has 1 atom stereocenters. The Bertz CT molecular complexity index is 1080. The molecule has 7 nitrogen and oxygen atoms in total. The standard InChI is InChI=1S/C19H21ClN4O3S/c1-14-3-2-10-23(12-14)28(25,26)17-8-9-18-19(11-17)24(22-21-18)27-13-15-4-6-16(20)7-5-15/h4-9,11,14H,2-3,10,12-13H2,1H3/t14-/m1/s1. The van der Waals surface area contributed by atoms with E-state index in [1.807, 2.05) is 12.1 Å². The van der Waals surface area contributed by atoms with E-state index in [2.05, 4.69) is 17.2 Å². The van der Waals surface area contributed by atoms with E-state index in [4.69, 9.17) is 16.4 Å². The SMILES string of the molecule is C[C@@H]1CCCN(S(=O)(=O)c2ccc3nnn(OCc4ccc(Cl)cc4)c3c2)C1. The van der Waals surface area contributed by atoms with E-state index in [1.165, 1.54) is 4.85 Å². The summed E-state index contributed by atoms with van der Waals surface area (Å²) in [5, 5.41) is 8.69. The number of hydrogen-bond donors (Lipinski definition) is 0. The lowest BCUT2D eigenvalue weighted by atomic mass is 10.0. The zero-order valence-corrected chi connectivity index (χ0v) is 17.0. The topological polar surface area (TPSA) is 77.3 Å². The third-order valence-corrected chi connectivity index (χ3v) is 7.02. The Kier molecular flexibility index (Phi) is 5.27. The largest absolute Gasteiger partial charge is 0.390 e. The number of halogens is 1. The maximum absolute atomic E-state index is 13.0. The fourth-order valence-electron chi connectivity index (χ4n) is 3.36. The first kappa shape index (κ1) is 19.2. The number of piperidine rings is 1. The van der Waals surface area contributed by atoms with Gasteiger partial charge in [0.05, 0.1) is 4.90 Å². The molecule has 1 aliphatic rings. The lowest BCUT2D eigenvalue weighted by molar-refractivity contribution is 0.0751. The number of nitrogens with zero attached hydrogens (tertiary/aromatic N) is 4. The van der Waals surface area contributed by atoms with Crippen LogP contribution in [0.25, 0.3) is 11.0 Å². The van der Waals surface area contributed by atoms with Crippen LogP contribution in [0, 0.1) is 5.92 Å². The van der Waals surface area contributed by atoms with E-state index in [1.54, 1.807) is 34.6 Å². The highest BCUT2D eigenvalue weighted by Crippen LogP contribution is 2.25. The van der Waals surface area contributed by atoms with Gasteiger partial charge in [-0.1, -0.05) is 35.5 Å². The molecule has 0 N–H and O–H groups in total. The van der Waals surface area contributed by atoms with Gasteiger partial charge in [0.1, 0.15) is 17.6 Å². The van der Waals surface area contributed by atoms with Crippen LogP contribution >= 0.6 is 11.6 Å². The van der Waals surface area contributed by atoms with Crippen LogP contribution in [0.1, 0.15) is 25.3 Å². The molecular weight excluding hydrogens is 400 g/mol. The number of fused-ring (bicyclic) bond motifs is 1. The van der Waals surface area contributed by atoms with Gasteiger partial charge in [0.25, 0.3) is 0 Å². The predicted octanol–water partition coefficient (Wildman–Crippen LogP) is 3.13. The average Bonchev–Trinajstić information content (AvgIpc) is 3.10. The minimum atomic E-state index is -3.56. The van der Waals surface area contributed by atoms with E-state index >= 15 is 0 Å². The molecule has 0 amide bonds. The van der Waals surface area contributed by atoms with Crippen LogP contribution < -0.4 is 4.84 Å². The molecule has 1 saturated heterocycles. The second-order valence-electron chi connectivity index (χ2n) is 7.12. The fraction of sp³-hybridized carbons (Fsp3) is 0.368. The summed E-state index contributed by atoms with van der Waals surface area (Å²) in [5.41, 5.74) is 2.00. The second kappa shape index (κ2) is 7.69. The summed E-state index contributed by atoms with van der Waals surface area (Å²) < 4.78 is 27.6. The van der Waals surface area contributed by atoms with Gasteiger partial charge in [-0.15, -0.1) is 5.10 Å². The molecule has 9 heteroatoms. The summed E-state index contributed by atoms with van der Waals surface area (Å²) in [5.74, 6) is 0.363. The van der Waals surface area contributed by atoms with Crippen molar-refractivity contribution in [2.45, 2.75) is 31.3 Å². The first-order chi connectivity index (χ1) is 13.4. The number of hydrogen-bond acceptors (Lipinski definition) is 5. The highest BCUT2D eigenvalue weighted by Gasteiger charge is 2.29. The first-order valence-electron chi connectivity index (χ1n) is 9.17. The molecule has 0 radical (unpaired) electrons. The van der Waals surface area contributed by atoms with Gasteiger partial charge in [0, 0.05) is 18.1 Å². The molecule has 0 bridgehead atoms. The molecule has 28 heavy (non-hydrogen) atoms. The van der Waals surface area contributed by atoms with Crippen LogP contribution in [-0.4, -0.2) is 41.0 Å². The predicted molar refractivity (Wildman–Crippen MR) is 106 cm³/mol. The summed E-state index contributed by atoms with van der Waals surface area (Å²) >= 11 is 5.89. The molecule has 2 aromatic carbocycles. The fourth-order valence-corrected chi connectivity index (χ4v) is 5.11. The van der Waals surface area contributed by atoms with Crippen molar-refractivity contribution in [3.05, 3.63) is 53.1 Å². The third-order valence-electron chi connectivity index (χ3n) is 4.91. The van der Waals surface area contributed by atoms with Crippen LogP contribution in [0.2, 0.25) is 5.02 Å². The van der Waals surface area contributed by atoms with Gasteiger partial charge in [-0.05, 0) is 59.9 Å². The van der Waals surface area contributed by atoms with E-state index < -0.39 is 10.0 Å². The molecule has 2 heterocycles. The van der Waals surface area contributed by atoms with Crippen molar-refractivity contribution >= 4 is 32.7 Å². The smallest absolute Gasteiger partial charge is 0.243 e. The zero-order valence-electron chi connectivity index (χ0n) is 15.5. The van der Waals surface area contributed by atoms with Crippen molar-refractivity contribution in [1.29, 1.82) is 0 Å². The molecule has 0 saturated carbocycles. The summed E-state index contributed by atoms with van der Waals surface area (Å²) in [6.45, 7) is 3.44. The lowest BCUT2D eigenvalue weighted by Crippen LogP contribution is -2.39. The van der Waals surface area contributed by atoms with Crippen LogP contribution in [-0.2, 0) is 16.6 Å². The molecule has 1 aromatic heterocycles. The Labute approximate surface area is 168 Å². The Morgan fingerprint density at radius 3 is 2.75 bits per heavy atom. The molecule has 0 aliphatic carbocycles. The van der Waals surface area contributed by atoms with Crippen molar-refractivity contribution in [3.8, 4) is 0 Å². The normalized spacial score (nSPS) is 18.4. The van der Waals surface area contributed by atoms with Crippen molar-refractivity contribution in [1.82, 2.24) is 19.5 Å². The molecule has 1 aliphatic heterocycles. The average molecular weight is 421 g/mol. The number of sulfonamides is 1. The molecular formula is C19H21ClN4O3S. The van der Waals surface area contributed by atoms with Gasteiger partial charge < -0.3 is 4.84 Å². The van der Waals surface area contributed by atoms with Crippen LogP contribution in [0.5, 0.6) is 0 Å². The molecule has 4 rings (SSSR count). The third kappa shape index (κ3) is 3.85. The first-order valence-corrected chi connectivity index (χ1v) is 11.0. The van der Waals surface area contributed by atoms with Gasteiger partial charge in [-0.3, -0.25) is 0 Å². The Morgan fingerprint density at radius 2 is 2.00 bits per heavy atom. The Hall–Kier alpha value is -2.16. The Balaban J connectivity index is 1.59. The van der Waals surface area contributed by atoms with Crippen LogP contribution in [0.3, 0.4) is 0 Å². The van der Waals surface area contributed by atoms with E-state index in [0.717, 1.165) is 18.4 Å². The molecule has 0 spiro atoms. The van der Waals surface area contributed by atoms with Crippen LogP contribution in [0.15, 0.2) is 47.4 Å². The number of rotatable bonds is 5. The van der Waals surface area contributed by atoms with Gasteiger partial charge >= 0.3 is 0 Å². The maximum Gasteiger partial charge on any atom is 0.243 e. The van der Waals surface area contributed by atoms with E-state index in [-0.39, 0.29) is 11.5 Å². The summed E-state index contributed by atoms with van der Waals surface area (Å²) in [7, 11) is -3.56. The summed E-state index contributed by atoms with van der Waals surface area (Å²) in [6.07, 6.45) is 1.94. The molecule has 0 unspecified atom stereocenters. The van der Waals surface area contributed by atoms with Crippen molar-refractivity contribution < 1.29 is 13.3 Å². The highest BCUT2D eigenvalue weighted by atomic mass is 35.5. The van der Waals surface area contributed by atoms with Crippen molar-refractivity contribution in [2.75, 3.05) is 13.1 Å². The highest BCUT2D eigenvalue weighted by molar-refractivity contribution is 7.89. The molecule has 148 valence electrons. The zero-order chi connectivity index (χ0) is 19.7. The van der Waals surface area contributed by atoms with Crippen molar-refractivity contribution in [2.24, 2.45) is 5.92 Å². The number of aromatic nitrogens is 3. The molecule has 3 aromatic rings. The number of benzene rings is 2. The van der Waals surface area contributed by atoms with Gasteiger partial charge in [-0.2, -0.15) is 4.31 Å².